The van der Waals surface area contributed by atoms with E-state index < -0.39 is 5.97 Å². The number of rotatable bonds is 4. The van der Waals surface area contributed by atoms with Crippen molar-refractivity contribution in [1.29, 1.82) is 0 Å². The van der Waals surface area contributed by atoms with Crippen molar-refractivity contribution in [2.75, 3.05) is 19.8 Å². The van der Waals surface area contributed by atoms with Crippen LogP contribution in [0.3, 0.4) is 0 Å². The van der Waals surface area contributed by atoms with E-state index in [1.165, 1.54) is 19.3 Å². The molecule has 110 valence electrons. The van der Waals surface area contributed by atoms with Crippen LogP contribution in [0.15, 0.2) is 0 Å². The van der Waals surface area contributed by atoms with E-state index in [0.29, 0.717) is 31.1 Å². The Bertz CT molecular complexity index is 311. The van der Waals surface area contributed by atoms with Gasteiger partial charge in [-0.2, -0.15) is 0 Å². The highest BCUT2D eigenvalue weighted by Gasteiger charge is 2.43. The maximum atomic E-state index is 11.4. The van der Waals surface area contributed by atoms with Gasteiger partial charge in [0.25, 0.3) is 0 Å². The Morgan fingerprint density at radius 1 is 1.26 bits per heavy atom. The van der Waals surface area contributed by atoms with Gasteiger partial charge >= 0.3 is 5.97 Å². The lowest BCUT2D eigenvalue weighted by atomic mass is 9.77. The third-order valence-corrected chi connectivity index (χ3v) is 5.03. The molecule has 19 heavy (non-hydrogen) atoms. The summed E-state index contributed by atoms with van der Waals surface area (Å²) in [7, 11) is 0. The first kappa shape index (κ1) is 14.8. The zero-order valence-corrected chi connectivity index (χ0v) is 12.3. The number of hydrogen-bond donors (Lipinski definition) is 1. The van der Waals surface area contributed by atoms with Gasteiger partial charge in [0.05, 0.1) is 19.1 Å². The minimum atomic E-state index is -0.711. The Morgan fingerprint density at radius 2 is 1.89 bits per heavy atom. The van der Waals surface area contributed by atoms with Gasteiger partial charge in [-0.05, 0) is 31.2 Å². The molecule has 0 bridgehead atoms. The molecule has 1 aliphatic heterocycles. The standard InChI is InChI=1S/C15H27NO3/c1-4-16(13-9-19-8-12(13)15(17)18)14-10(2)6-5-7-11(14)3/h10-14H,4-9H2,1-3H3,(H,17,18). The Kier molecular flexibility index (Phi) is 4.85. The third kappa shape index (κ3) is 2.95. The summed E-state index contributed by atoms with van der Waals surface area (Å²) in [5.74, 6) is 0.232. The zero-order valence-electron chi connectivity index (χ0n) is 12.3. The van der Waals surface area contributed by atoms with E-state index in [1.54, 1.807) is 0 Å². The molecule has 0 aromatic rings. The van der Waals surface area contributed by atoms with Crippen LogP contribution >= 0.6 is 0 Å². The summed E-state index contributed by atoms with van der Waals surface area (Å²) in [5.41, 5.74) is 0. The second-order valence-corrected chi connectivity index (χ2v) is 6.26. The molecule has 1 heterocycles. The van der Waals surface area contributed by atoms with Gasteiger partial charge in [-0.1, -0.05) is 27.2 Å². The summed E-state index contributed by atoms with van der Waals surface area (Å²) < 4.78 is 5.45. The molecule has 4 unspecified atom stereocenters. The van der Waals surface area contributed by atoms with Crippen LogP contribution in [0, 0.1) is 17.8 Å². The maximum absolute atomic E-state index is 11.4. The summed E-state index contributed by atoms with van der Waals surface area (Å²) in [5, 5.41) is 9.35. The number of carboxylic acid groups (broad SMARTS) is 1. The predicted octanol–water partition coefficient (Wildman–Crippen LogP) is 2.23. The average Bonchev–Trinajstić information content (AvgIpc) is 2.83. The summed E-state index contributed by atoms with van der Waals surface area (Å²) >= 11 is 0. The largest absolute Gasteiger partial charge is 0.481 e. The normalized spacial score (nSPS) is 39.7. The van der Waals surface area contributed by atoms with Gasteiger partial charge < -0.3 is 9.84 Å². The van der Waals surface area contributed by atoms with Gasteiger partial charge in [0.15, 0.2) is 0 Å². The van der Waals surface area contributed by atoms with Gasteiger partial charge in [0.2, 0.25) is 0 Å². The topological polar surface area (TPSA) is 49.8 Å². The smallest absolute Gasteiger partial charge is 0.310 e. The number of carbonyl (C=O) groups is 1. The molecule has 4 atom stereocenters. The van der Waals surface area contributed by atoms with E-state index in [0.717, 1.165) is 6.54 Å². The van der Waals surface area contributed by atoms with E-state index in [2.05, 4.69) is 25.7 Å². The monoisotopic (exact) mass is 269 g/mol. The fourth-order valence-corrected chi connectivity index (χ4v) is 4.09. The van der Waals surface area contributed by atoms with Gasteiger partial charge in [0, 0.05) is 12.1 Å². The molecule has 2 aliphatic rings. The Balaban J connectivity index is 2.16. The summed E-state index contributed by atoms with van der Waals surface area (Å²) in [4.78, 5) is 13.8. The van der Waals surface area contributed by atoms with E-state index in [9.17, 15) is 9.90 Å². The maximum Gasteiger partial charge on any atom is 0.310 e. The highest BCUT2D eigenvalue weighted by Crippen LogP contribution is 2.35. The van der Waals surface area contributed by atoms with E-state index in [1.807, 2.05) is 0 Å². The van der Waals surface area contributed by atoms with E-state index in [4.69, 9.17) is 4.74 Å². The molecule has 1 saturated carbocycles. The molecule has 0 radical (unpaired) electrons. The lowest BCUT2D eigenvalue weighted by Gasteiger charge is -2.45. The predicted molar refractivity (Wildman–Crippen MR) is 74.1 cm³/mol. The van der Waals surface area contributed by atoms with Gasteiger partial charge in [0.1, 0.15) is 0 Å². The Labute approximate surface area is 116 Å². The van der Waals surface area contributed by atoms with Crippen LogP contribution < -0.4 is 0 Å². The van der Waals surface area contributed by atoms with Crippen molar-refractivity contribution < 1.29 is 14.6 Å². The second-order valence-electron chi connectivity index (χ2n) is 6.26. The molecule has 1 N–H and O–H groups in total. The molecule has 1 saturated heterocycles. The van der Waals surface area contributed by atoms with Gasteiger partial charge in [-0.3, -0.25) is 9.69 Å². The first-order chi connectivity index (χ1) is 9.06. The molecule has 4 heteroatoms. The third-order valence-electron chi connectivity index (χ3n) is 5.03. The lowest BCUT2D eigenvalue weighted by Crippen LogP contribution is -2.54. The molecule has 0 amide bonds. The van der Waals surface area contributed by atoms with E-state index in [-0.39, 0.29) is 12.0 Å². The highest BCUT2D eigenvalue weighted by atomic mass is 16.5. The summed E-state index contributed by atoms with van der Waals surface area (Å²) in [6, 6.07) is 0.558. The molecule has 2 fully saturated rings. The quantitative estimate of drug-likeness (QED) is 0.850. The van der Waals surface area contributed by atoms with Gasteiger partial charge in [-0.25, -0.2) is 0 Å². The number of ether oxygens (including phenoxy) is 1. The molecule has 0 aromatic heterocycles. The minimum Gasteiger partial charge on any atom is -0.481 e. The number of nitrogens with zero attached hydrogens (tertiary/aromatic N) is 1. The second kappa shape index (κ2) is 6.23. The minimum absolute atomic E-state index is 0.0514. The first-order valence-electron chi connectivity index (χ1n) is 7.62. The average molecular weight is 269 g/mol. The number of aliphatic carboxylic acids is 1. The molecule has 4 nitrogen and oxygen atoms in total. The van der Waals surface area contributed by atoms with Crippen molar-refractivity contribution in [3.05, 3.63) is 0 Å². The van der Waals surface area contributed by atoms with Crippen molar-refractivity contribution in [1.82, 2.24) is 4.90 Å². The number of hydrogen-bond acceptors (Lipinski definition) is 3. The van der Waals surface area contributed by atoms with Gasteiger partial charge in [-0.15, -0.1) is 0 Å². The van der Waals surface area contributed by atoms with Crippen LogP contribution in [0.1, 0.15) is 40.0 Å². The Hall–Kier alpha value is -0.610. The van der Waals surface area contributed by atoms with Crippen LogP contribution in [-0.4, -0.2) is 47.8 Å². The van der Waals surface area contributed by atoms with Crippen LogP contribution in [0.2, 0.25) is 0 Å². The summed E-state index contributed by atoms with van der Waals surface area (Å²) in [6.07, 6.45) is 3.83. The molecule has 2 rings (SSSR count). The zero-order chi connectivity index (χ0) is 14.0. The highest BCUT2D eigenvalue weighted by molar-refractivity contribution is 5.71. The fraction of sp³-hybridized carbons (Fsp3) is 0.933. The molecular formula is C15H27NO3. The van der Waals surface area contributed by atoms with E-state index >= 15 is 0 Å². The van der Waals surface area contributed by atoms with Crippen LogP contribution in [0.4, 0.5) is 0 Å². The SMILES string of the molecule is CCN(C1COCC1C(=O)O)C1C(C)CCCC1C. The van der Waals surface area contributed by atoms with Crippen LogP contribution in [-0.2, 0) is 9.53 Å². The van der Waals surface area contributed by atoms with Crippen molar-refractivity contribution >= 4 is 5.97 Å². The molecule has 1 aliphatic carbocycles. The molecule has 0 aromatic carbocycles. The van der Waals surface area contributed by atoms with Crippen molar-refractivity contribution in [2.24, 2.45) is 17.8 Å². The molecule has 0 spiro atoms. The van der Waals surface area contributed by atoms with Crippen molar-refractivity contribution in [2.45, 2.75) is 52.1 Å². The fourth-order valence-electron chi connectivity index (χ4n) is 4.09. The molecular weight excluding hydrogens is 242 g/mol. The lowest BCUT2D eigenvalue weighted by molar-refractivity contribution is -0.144. The number of carboxylic acids is 1. The summed E-state index contributed by atoms with van der Waals surface area (Å²) in [6.45, 7) is 8.62. The van der Waals surface area contributed by atoms with Crippen LogP contribution in [0.5, 0.6) is 0 Å². The van der Waals surface area contributed by atoms with Crippen LogP contribution in [0.25, 0.3) is 0 Å². The van der Waals surface area contributed by atoms with Crippen molar-refractivity contribution in [3.63, 3.8) is 0 Å². The number of likely N-dealkylation sites (N-methyl/N-ethyl adjacent to an activating group) is 1. The Morgan fingerprint density at radius 3 is 2.42 bits per heavy atom. The first-order valence-corrected chi connectivity index (χ1v) is 7.62. The van der Waals surface area contributed by atoms with Crippen molar-refractivity contribution in [3.8, 4) is 0 Å².